The zero-order chi connectivity index (χ0) is 19.9. The summed E-state index contributed by atoms with van der Waals surface area (Å²) in [6, 6.07) is 17.3. The number of alkyl halides is 1. The quantitative estimate of drug-likeness (QED) is 0.261. The predicted octanol–water partition coefficient (Wildman–Crippen LogP) is 7.57. The molecule has 0 spiro atoms. The Kier molecular flexibility index (Phi) is 8.39. The van der Waals surface area contributed by atoms with Gasteiger partial charge in [-0.05, 0) is 79.9 Å². The van der Waals surface area contributed by atoms with E-state index in [1.54, 1.807) is 0 Å². The fourth-order valence-electron chi connectivity index (χ4n) is 3.32. The molecule has 1 N–H and O–H groups in total. The molecule has 0 saturated carbocycles. The van der Waals surface area contributed by atoms with Gasteiger partial charge in [-0.25, -0.2) is 0 Å². The van der Waals surface area contributed by atoms with Crippen molar-refractivity contribution < 1.29 is 0 Å². The van der Waals surface area contributed by atoms with E-state index in [1.165, 1.54) is 18.5 Å². The highest BCUT2D eigenvalue weighted by Crippen LogP contribution is 2.34. The van der Waals surface area contributed by atoms with Crippen LogP contribution in [0.2, 0.25) is 0 Å². The van der Waals surface area contributed by atoms with E-state index in [0.717, 1.165) is 32.2 Å². The van der Waals surface area contributed by atoms with Crippen molar-refractivity contribution in [3.8, 4) is 0 Å². The van der Waals surface area contributed by atoms with Crippen molar-refractivity contribution >= 4 is 59.2 Å². The number of hydrogen-bond donors (Lipinski definition) is 1. The zero-order valence-electron chi connectivity index (χ0n) is 15.9. The molecular weight excluding hydrogens is 544 g/mol. The first-order valence-electron chi connectivity index (χ1n) is 9.59. The molecule has 28 heavy (non-hydrogen) atoms. The lowest BCUT2D eigenvalue weighted by Gasteiger charge is -2.31. The lowest BCUT2D eigenvalue weighted by Crippen LogP contribution is -2.35. The summed E-state index contributed by atoms with van der Waals surface area (Å²) in [5.41, 5.74) is 3.50. The van der Waals surface area contributed by atoms with E-state index in [2.05, 4.69) is 132 Å². The van der Waals surface area contributed by atoms with Gasteiger partial charge in [-0.1, -0.05) is 66.9 Å². The summed E-state index contributed by atoms with van der Waals surface area (Å²) in [6.45, 7) is 3.34. The molecule has 2 unspecified atom stereocenters. The SMILES string of the molecule is CC1C=C(N(c2ccc(Br)cc2)c2ccc(Br)cc2)C=CC1NCCCCBr. The number of rotatable bonds is 8. The first kappa shape index (κ1) is 21.8. The minimum absolute atomic E-state index is 0.385. The van der Waals surface area contributed by atoms with Gasteiger partial charge in [0.1, 0.15) is 0 Å². The van der Waals surface area contributed by atoms with Gasteiger partial charge in [0.05, 0.1) is 0 Å². The van der Waals surface area contributed by atoms with E-state index >= 15 is 0 Å². The standard InChI is InChI=1S/C23H25Br3N2/c1-17-16-22(12-13-23(17)27-15-3-2-14-24)28(20-8-4-18(25)5-9-20)21-10-6-19(26)7-11-21/h4-13,16-17,23,27H,2-3,14-15H2,1H3. The van der Waals surface area contributed by atoms with Crippen LogP contribution < -0.4 is 10.2 Å². The minimum Gasteiger partial charge on any atom is -0.311 e. The van der Waals surface area contributed by atoms with Crippen LogP contribution in [0.4, 0.5) is 11.4 Å². The Morgan fingerprint density at radius 1 is 0.893 bits per heavy atom. The van der Waals surface area contributed by atoms with Crippen LogP contribution in [0.1, 0.15) is 19.8 Å². The van der Waals surface area contributed by atoms with Crippen LogP contribution in [-0.2, 0) is 0 Å². The fourth-order valence-corrected chi connectivity index (χ4v) is 4.25. The van der Waals surface area contributed by atoms with Crippen molar-refractivity contribution in [1.82, 2.24) is 5.32 Å². The van der Waals surface area contributed by atoms with Crippen molar-refractivity contribution in [3.05, 3.63) is 81.4 Å². The van der Waals surface area contributed by atoms with Crippen molar-refractivity contribution in [3.63, 3.8) is 0 Å². The second-order valence-electron chi connectivity index (χ2n) is 6.97. The summed E-state index contributed by atoms with van der Waals surface area (Å²) >= 11 is 10.6. The molecule has 2 aromatic rings. The molecular formula is C23H25Br3N2. The molecule has 1 aliphatic rings. The van der Waals surface area contributed by atoms with Gasteiger partial charge < -0.3 is 10.2 Å². The molecule has 0 bridgehead atoms. The molecule has 0 amide bonds. The number of halogens is 3. The zero-order valence-corrected chi connectivity index (χ0v) is 20.7. The van der Waals surface area contributed by atoms with Gasteiger partial charge in [-0.3, -0.25) is 0 Å². The van der Waals surface area contributed by atoms with Gasteiger partial charge in [0.15, 0.2) is 0 Å². The second kappa shape index (κ2) is 10.8. The first-order valence-corrected chi connectivity index (χ1v) is 12.3. The molecule has 5 heteroatoms. The smallest absolute Gasteiger partial charge is 0.0462 e. The number of allylic oxidation sites excluding steroid dienone is 1. The van der Waals surface area contributed by atoms with Gasteiger partial charge in [-0.15, -0.1) is 0 Å². The summed E-state index contributed by atoms with van der Waals surface area (Å²) in [5, 5.41) is 4.75. The number of hydrogen-bond acceptors (Lipinski definition) is 2. The largest absolute Gasteiger partial charge is 0.311 e. The van der Waals surface area contributed by atoms with E-state index in [1.807, 2.05) is 0 Å². The molecule has 0 heterocycles. The molecule has 2 nitrogen and oxygen atoms in total. The van der Waals surface area contributed by atoms with Gasteiger partial charge in [0, 0.05) is 37.4 Å². The van der Waals surface area contributed by atoms with E-state index in [0.29, 0.717) is 12.0 Å². The highest BCUT2D eigenvalue weighted by Gasteiger charge is 2.21. The predicted molar refractivity (Wildman–Crippen MR) is 132 cm³/mol. The van der Waals surface area contributed by atoms with Gasteiger partial charge in [-0.2, -0.15) is 0 Å². The van der Waals surface area contributed by atoms with Crippen LogP contribution in [0.5, 0.6) is 0 Å². The lowest BCUT2D eigenvalue weighted by molar-refractivity contribution is 0.486. The molecule has 0 aromatic heterocycles. The Hall–Kier alpha value is -0.880. The third-order valence-electron chi connectivity index (χ3n) is 4.84. The first-order chi connectivity index (χ1) is 13.6. The van der Waals surface area contributed by atoms with Crippen LogP contribution in [0.3, 0.4) is 0 Å². The van der Waals surface area contributed by atoms with Crippen molar-refractivity contribution in [2.45, 2.75) is 25.8 Å². The molecule has 0 fully saturated rings. The normalized spacial score (nSPS) is 18.8. The third-order valence-corrected chi connectivity index (χ3v) is 6.46. The number of nitrogens with one attached hydrogen (secondary N) is 1. The van der Waals surface area contributed by atoms with Crippen LogP contribution >= 0.6 is 47.8 Å². The third kappa shape index (κ3) is 5.82. The maximum atomic E-state index is 3.68. The molecule has 0 radical (unpaired) electrons. The molecule has 0 saturated heterocycles. The molecule has 0 aliphatic heterocycles. The Morgan fingerprint density at radius 3 is 1.96 bits per heavy atom. The molecule has 1 aliphatic carbocycles. The van der Waals surface area contributed by atoms with Crippen molar-refractivity contribution in [2.75, 3.05) is 16.8 Å². The van der Waals surface area contributed by atoms with E-state index in [4.69, 9.17) is 0 Å². The highest BCUT2D eigenvalue weighted by atomic mass is 79.9. The fraction of sp³-hybridized carbons (Fsp3) is 0.304. The summed E-state index contributed by atoms with van der Waals surface area (Å²) in [5.74, 6) is 0.428. The molecule has 148 valence electrons. The maximum Gasteiger partial charge on any atom is 0.0462 e. The Morgan fingerprint density at radius 2 is 1.46 bits per heavy atom. The Labute approximate surface area is 193 Å². The molecule has 3 rings (SSSR count). The molecule has 2 atom stereocenters. The van der Waals surface area contributed by atoms with Crippen LogP contribution in [0.25, 0.3) is 0 Å². The topological polar surface area (TPSA) is 15.3 Å². The van der Waals surface area contributed by atoms with Gasteiger partial charge in [0.2, 0.25) is 0 Å². The highest BCUT2D eigenvalue weighted by molar-refractivity contribution is 9.10. The van der Waals surface area contributed by atoms with E-state index in [-0.39, 0.29) is 0 Å². The maximum absolute atomic E-state index is 3.68. The number of anilines is 2. The average molecular weight is 569 g/mol. The van der Waals surface area contributed by atoms with Gasteiger partial charge in [0.25, 0.3) is 0 Å². The van der Waals surface area contributed by atoms with Crippen molar-refractivity contribution in [1.29, 1.82) is 0 Å². The van der Waals surface area contributed by atoms with Gasteiger partial charge >= 0.3 is 0 Å². The van der Waals surface area contributed by atoms with E-state index in [9.17, 15) is 0 Å². The molecule has 2 aromatic carbocycles. The second-order valence-corrected chi connectivity index (χ2v) is 9.60. The average Bonchev–Trinajstić information content (AvgIpc) is 2.70. The Balaban J connectivity index is 1.84. The lowest BCUT2D eigenvalue weighted by atomic mass is 9.94. The van der Waals surface area contributed by atoms with Crippen LogP contribution in [0, 0.1) is 5.92 Å². The number of benzene rings is 2. The van der Waals surface area contributed by atoms with E-state index < -0.39 is 0 Å². The number of nitrogens with zero attached hydrogens (tertiary/aromatic N) is 1. The van der Waals surface area contributed by atoms with Crippen LogP contribution in [-0.4, -0.2) is 17.9 Å². The monoisotopic (exact) mass is 566 g/mol. The summed E-state index contributed by atoms with van der Waals surface area (Å²) < 4.78 is 2.17. The summed E-state index contributed by atoms with van der Waals surface area (Å²) in [6.07, 6.45) is 9.32. The minimum atomic E-state index is 0.385. The van der Waals surface area contributed by atoms with Crippen LogP contribution in [0.15, 0.2) is 81.4 Å². The summed E-state index contributed by atoms with van der Waals surface area (Å²) in [4.78, 5) is 2.31. The Bertz CT molecular complexity index is 767. The summed E-state index contributed by atoms with van der Waals surface area (Å²) in [7, 11) is 0. The number of unbranched alkanes of at least 4 members (excludes halogenated alkanes) is 1. The van der Waals surface area contributed by atoms with Crippen molar-refractivity contribution in [2.24, 2.45) is 5.92 Å².